The molecule has 0 N–H and O–H groups in total. The fourth-order valence-corrected chi connectivity index (χ4v) is 3.60. The van der Waals surface area contributed by atoms with E-state index in [0.29, 0.717) is 60.8 Å². The number of rotatable bonds is 4. The molecule has 1 amide bonds. The standard InChI is InChI=1S/C20H19N5O3/c21-12-16-20(27-19(22-16)13-5-6-13)25-9-7-24(8-10-25)18(26)11-15-14-3-1-2-4-17(14)28-23-15/h1-4,13H,5-11H2. The largest absolute Gasteiger partial charge is 0.423 e. The van der Waals surface area contributed by atoms with Crippen LogP contribution in [0.3, 0.4) is 0 Å². The van der Waals surface area contributed by atoms with E-state index in [1.54, 1.807) is 0 Å². The number of carbonyl (C=O) groups is 1. The Bertz CT molecular complexity index is 1070. The van der Waals surface area contributed by atoms with Gasteiger partial charge in [-0.25, -0.2) is 4.98 Å². The number of oxazole rings is 1. The molecule has 2 fully saturated rings. The molecule has 3 heterocycles. The van der Waals surface area contributed by atoms with Crippen LogP contribution in [-0.2, 0) is 11.2 Å². The predicted molar refractivity (Wildman–Crippen MR) is 99.7 cm³/mol. The molecule has 28 heavy (non-hydrogen) atoms. The van der Waals surface area contributed by atoms with E-state index in [0.717, 1.165) is 18.2 Å². The third-order valence-electron chi connectivity index (χ3n) is 5.35. The zero-order chi connectivity index (χ0) is 19.1. The lowest BCUT2D eigenvalue weighted by molar-refractivity contribution is -0.130. The molecule has 1 aromatic carbocycles. The van der Waals surface area contributed by atoms with Gasteiger partial charge in [0.15, 0.2) is 5.58 Å². The van der Waals surface area contributed by atoms with Gasteiger partial charge in [-0.2, -0.15) is 5.26 Å². The lowest BCUT2D eigenvalue weighted by Gasteiger charge is -2.34. The van der Waals surface area contributed by atoms with Crippen LogP contribution in [0, 0.1) is 11.3 Å². The second-order valence-corrected chi connectivity index (χ2v) is 7.26. The average molecular weight is 377 g/mol. The number of nitrogens with zero attached hydrogens (tertiary/aromatic N) is 5. The quantitative estimate of drug-likeness (QED) is 0.688. The van der Waals surface area contributed by atoms with Crippen LogP contribution in [0.1, 0.15) is 36.0 Å². The van der Waals surface area contributed by atoms with Crippen molar-refractivity contribution in [2.75, 3.05) is 31.1 Å². The van der Waals surface area contributed by atoms with Crippen molar-refractivity contribution in [3.63, 3.8) is 0 Å². The molecular weight excluding hydrogens is 358 g/mol. The molecule has 0 spiro atoms. The molecule has 8 heteroatoms. The van der Waals surface area contributed by atoms with E-state index in [1.807, 2.05) is 34.1 Å². The summed E-state index contributed by atoms with van der Waals surface area (Å²) in [5.74, 6) is 1.60. The lowest BCUT2D eigenvalue weighted by atomic mass is 10.1. The Kier molecular flexibility index (Phi) is 4.01. The van der Waals surface area contributed by atoms with Crippen LogP contribution in [-0.4, -0.2) is 47.1 Å². The van der Waals surface area contributed by atoms with Gasteiger partial charge in [-0.05, 0) is 25.0 Å². The topological polar surface area (TPSA) is 99.4 Å². The summed E-state index contributed by atoms with van der Waals surface area (Å²) >= 11 is 0. The molecule has 1 saturated carbocycles. The number of aromatic nitrogens is 2. The van der Waals surface area contributed by atoms with Crippen molar-refractivity contribution >= 4 is 22.8 Å². The van der Waals surface area contributed by atoms with Crippen molar-refractivity contribution in [3.8, 4) is 6.07 Å². The molecule has 1 saturated heterocycles. The zero-order valence-corrected chi connectivity index (χ0v) is 15.3. The Morgan fingerprint density at radius 2 is 2.00 bits per heavy atom. The summed E-state index contributed by atoms with van der Waals surface area (Å²) in [4.78, 5) is 20.9. The Morgan fingerprint density at radius 3 is 2.75 bits per heavy atom. The summed E-state index contributed by atoms with van der Waals surface area (Å²) in [5, 5.41) is 14.3. The van der Waals surface area contributed by atoms with Crippen molar-refractivity contribution in [2.45, 2.75) is 25.2 Å². The number of nitriles is 1. The van der Waals surface area contributed by atoms with E-state index in [2.05, 4.69) is 16.2 Å². The third-order valence-corrected chi connectivity index (χ3v) is 5.35. The minimum Gasteiger partial charge on any atom is -0.423 e. The first-order valence-electron chi connectivity index (χ1n) is 9.50. The average Bonchev–Trinajstić information content (AvgIpc) is 3.37. The maximum absolute atomic E-state index is 12.7. The second kappa shape index (κ2) is 6.68. The molecule has 5 rings (SSSR count). The van der Waals surface area contributed by atoms with Crippen molar-refractivity contribution < 1.29 is 13.7 Å². The van der Waals surface area contributed by atoms with E-state index in [1.165, 1.54) is 0 Å². The highest BCUT2D eigenvalue weighted by Crippen LogP contribution is 2.41. The third kappa shape index (κ3) is 2.99. The van der Waals surface area contributed by atoms with Crippen molar-refractivity contribution in [1.82, 2.24) is 15.0 Å². The first kappa shape index (κ1) is 16.8. The highest BCUT2D eigenvalue weighted by molar-refractivity contribution is 5.86. The van der Waals surface area contributed by atoms with E-state index in [9.17, 15) is 10.1 Å². The summed E-state index contributed by atoms with van der Waals surface area (Å²) < 4.78 is 11.2. The monoisotopic (exact) mass is 377 g/mol. The van der Waals surface area contributed by atoms with Crippen LogP contribution < -0.4 is 4.90 Å². The second-order valence-electron chi connectivity index (χ2n) is 7.26. The normalized spacial score (nSPS) is 17.1. The minimum absolute atomic E-state index is 0.0236. The minimum atomic E-state index is 0.0236. The first-order valence-corrected chi connectivity index (χ1v) is 9.50. The van der Waals surface area contributed by atoms with Crippen LogP contribution in [0.2, 0.25) is 0 Å². The van der Waals surface area contributed by atoms with Gasteiger partial charge in [-0.1, -0.05) is 17.3 Å². The number of hydrogen-bond acceptors (Lipinski definition) is 7. The molecule has 1 aliphatic carbocycles. The summed E-state index contributed by atoms with van der Waals surface area (Å²) in [5.41, 5.74) is 1.70. The van der Waals surface area contributed by atoms with Crippen molar-refractivity contribution in [1.29, 1.82) is 5.26 Å². The smallest absolute Gasteiger partial charge is 0.234 e. The molecule has 0 radical (unpaired) electrons. The molecular formula is C20H19N5O3. The number of amides is 1. The molecule has 2 aliphatic rings. The Balaban J connectivity index is 1.24. The fraction of sp³-hybridized carbons (Fsp3) is 0.400. The number of para-hydroxylation sites is 1. The number of anilines is 1. The summed E-state index contributed by atoms with van der Waals surface area (Å²) in [6, 6.07) is 9.68. The molecule has 142 valence electrons. The summed E-state index contributed by atoms with van der Waals surface area (Å²) in [7, 11) is 0. The summed E-state index contributed by atoms with van der Waals surface area (Å²) in [6.45, 7) is 2.36. The molecule has 3 aromatic rings. The number of piperazine rings is 1. The summed E-state index contributed by atoms with van der Waals surface area (Å²) in [6.07, 6.45) is 2.36. The van der Waals surface area contributed by atoms with Gasteiger partial charge in [0.05, 0.1) is 6.42 Å². The number of carbonyl (C=O) groups excluding carboxylic acids is 1. The SMILES string of the molecule is N#Cc1nc(C2CC2)oc1N1CCN(C(=O)Cc2noc3ccccc23)CC1. The highest BCUT2D eigenvalue weighted by Gasteiger charge is 2.33. The zero-order valence-electron chi connectivity index (χ0n) is 15.3. The van der Waals surface area contributed by atoms with Gasteiger partial charge >= 0.3 is 0 Å². The van der Waals surface area contributed by atoms with Gasteiger partial charge in [0.25, 0.3) is 0 Å². The first-order chi connectivity index (χ1) is 13.7. The Hall–Kier alpha value is -3.34. The maximum Gasteiger partial charge on any atom is 0.234 e. The number of hydrogen-bond donors (Lipinski definition) is 0. The van der Waals surface area contributed by atoms with Crippen LogP contribution in [0.4, 0.5) is 5.88 Å². The van der Waals surface area contributed by atoms with Crippen LogP contribution in [0.5, 0.6) is 0 Å². The van der Waals surface area contributed by atoms with Gasteiger partial charge in [0, 0.05) is 37.5 Å². The van der Waals surface area contributed by atoms with Crippen molar-refractivity contribution in [2.24, 2.45) is 0 Å². The molecule has 0 atom stereocenters. The number of fused-ring (bicyclic) bond motifs is 1. The van der Waals surface area contributed by atoms with Crippen LogP contribution >= 0.6 is 0 Å². The molecule has 0 unspecified atom stereocenters. The molecule has 0 bridgehead atoms. The van der Waals surface area contributed by atoms with E-state index in [4.69, 9.17) is 8.94 Å². The Morgan fingerprint density at radius 1 is 1.21 bits per heavy atom. The Labute approximate surface area is 161 Å². The number of benzene rings is 1. The van der Waals surface area contributed by atoms with Gasteiger partial charge < -0.3 is 18.7 Å². The fourth-order valence-electron chi connectivity index (χ4n) is 3.60. The van der Waals surface area contributed by atoms with Crippen LogP contribution in [0.15, 0.2) is 33.2 Å². The van der Waals surface area contributed by atoms with Gasteiger partial charge in [-0.15, -0.1) is 0 Å². The maximum atomic E-state index is 12.7. The molecule has 8 nitrogen and oxygen atoms in total. The van der Waals surface area contributed by atoms with Gasteiger partial charge in [-0.3, -0.25) is 4.79 Å². The van der Waals surface area contributed by atoms with Crippen LogP contribution in [0.25, 0.3) is 11.0 Å². The van der Waals surface area contributed by atoms with Gasteiger partial charge in [0.1, 0.15) is 11.8 Å². The van der Waals surface area contributed by atoms with Gasteiger partial charge in [0.2, 0.25) is 23.4 Å². The van der Waals surface area contributed by atoms with Crippen molar-refractivity contribution in [3.05, 3.63) is 41.5 Å². The van der Waals surface area contributed by atoms with E-state index >= 15 is 0 Å². The molecule has 1 aliphatic heterocycles. The highest BCUT2D eigenvalue weighted by atomic mass is 16.5. The van der Waals surface area contributed by atoms with E-state index < -0.39 is 0 Å². The molecule has 2 aromatic heterocycles. The lowest BCUT2D eigenvalue weighted by Crippen LogP contribution is -2.49. The predicted octanol–water partition coefficient (Wildman–Crippen LogP) is 2.46. The van der Waals surface area contributed by atoms with E-state index in [-0.39, 0.29) is 12.3 Å².